The molecular weight excluding hydrogens is 160 g/mol. The van der Waals surface area contributed by atoms with Crippen molar-refractivity contribution < 1.29 is 4.79 Å². The molecule has 1 rings (SSSR count). The highest BCUT2D eigenvalue weighted by atomic mass is 16.1. The van der Waals surface area contributed by atoms with Crippen LogP contribution in [0.4, 0.5) is 0 Å². The fraction of sp³-hybridized carbons (Fsp3) is 0.583. The summed E-state index contributed by atoms with van der Waals surface area (Å²) in [6, 6.07) is 0. The predicted octanol–water partition coefficient (Wildman–Crippen LogP) is 3.12. The first-order valence-corrected chi connectivity index (χ1v) is 4.99. The molecular formula is C12H18O. The van der Waals surface area contributed by atoms with E-state index in [9.17, 15) is 4.79 Å². The van der Waals surface area contributed by atoms with Crippen molar-refractivity contribution in [2.24, 2.45) is 11.8 Å². The molecule has 1 aliphatic rings. The van der Waals surface area contributed by atoms with Crippen molar-refractivity contribution in [3.63, 3.8) is 0 Å². The standard InChI is InChI=1S/C12H18O/c1-4-5-10-8-11(13)6-7-12(10)9(2)3/h4,8-9,12H,1,5-7H2,2-3H3/t12-/m0/s1. The van der Waals surface area contributed by atoms with Crippen LogP contribution in [-0.4, -0.2) is 5.78 Å². The van der Waals surface area contributed by atoms with Crippen molar-refractivity contribution in [3.05, 3.63) is 24.3 Å². The summed E-state index contributed by atoms with van der Waals surface area (Å²) in [5.41, 5.74) is 1.28. The molecule has 1 aliphatic carbocycles. The zero-order valence-electron chi connectivity index (χ0n) is 8.55. The van der Waals surface area contributed by atoms with E-state index in [-0.39, 0.29) is 5.78 Å². The Kier molecular flexibility index (Phi) is 3.47. The molecule has 0 aromatic carbocycles. The van der Waals surface area contributed by atoms with Gasteiger partial charge in [-0.15, -0.1) is 6.58 Å². The molecule has 0 fully saturated rings. The highest BCUT2D eigenvalue weighted by molar-refractivity contribution is 5.91. The van der Waals surface area contributed by atoms with Gasteiger partial charge in [0.2, 0.25) is 0 Å². The van der Waals surface area contributed by atoms with Gasteiger partial charge in [0.25, 0.3) is 0 Å². The van der Waals surface area contributed by atoms with Crippen molar-refractivity contribution >= 4 is 5.78 Å². The average molecular weight is 178 g/mol. The summed E-state index contributed by atoms with van der Waals surface area (Å²) in [6.45, 7) is 8.16. The lowest BCUT2D eigenvalue weighted by atomic mass is 9.78. The lowest BCUT2D eigenvalue weighted by molar-refractivity contribution is -0.115. The third kappa shape index (κ3) is 2.55. The Labute approximate surface area is 80.5 Å². The molecule has 0 aromatic rings. The third-order valence-electron chi connectivity index (χ3n) is 2.71. The van der Waals surface area contributed by atoms with Crippen LogP contribution in [-0.2, 0) is 4.79 Å². The molecule has 0 heterocycles. The summed E-state index contributed by atoms with van der Waals surface area (Å²) < 4.78 is 0. The number of allylic oxidation sites excluding steroid dienone is 3. The van der Waals surface area contributed by atoms with E-state index in [1.165, 1.54) is 5.57 Å². The zero-order valence-corrected chi connectivity index (χ0v) is 8.55. The first-order valence-electron chi connectivity index (χ1n) is 4.99. The molecule has 0 bridgehead atoms. The smallest absolute Gasteiger partial charge is 0.155 e. The van der Waals surface area contributed by atoms with E-state index in [1.807, 2.05) is 12.2 Å². The number of hydrogen-bond acceptors (Lipinski definition) is 1. The summed E-state index contributed by atoms with van der Waals surface area (Å²) in [5, 5.41) is 0. The summed E-state index contributed by atoms with van der Waals surface area (Å²) in [7, 11) is 0. The zero-order chi connectivity index (χ0) is 9.84. The number of carbonyl (C=O) groups is 1. The highest BCUT2D eigenvalue weighted by Gasteiger charge is 2.22. The summed E-state index contributed by atoms with van der Waals surface area (Å²) >= 11 is 0. The Hall–Kier alpha value is -0.850. The topological polar surface area (TPSA) is 17.1 Å². The minimum atomic E-state index is 0.286. The molecule has 1 atom stereocenters. The van der Waals surface area contributed by atoms with E-state index in [1.54, 1.807) is 0 Å². The van der Waals surface area contributed by atoms with Crippen molar-refractivity contribution in [1.82, 2.24) is 0 Å². The largest absolute Gasteiger partial charge is 0.295 e. The third-order valence-corrected chi connectivity index (χ3v) is 2.71. The fourth-order valence-electron chi connectivity index (χ4n) is 2.01. The minimum Gasteiger partial charge on any atom is -0.295 e. The Bertz CT molecular complexity index is 236. The first-order chi connectivity index (χ1) is 6.15. The Morgan fingerprint density at radius 1 is 1.69 bits per heavy atom. The molecule has 0 N–H and O–H groups in total. The molecule has 0 saturated heterocycles. The number of ketones is 1. The van der Waals surface area contributed by atoms with Gasteiger partial charge in [-0.1, -0.05) is 25.5 Å². The van der Waals surface area contributed by atoms with Crippen molar-refractivity contribution in [1.29, 1.82) is 0 Å². The number of carbonyl (C=O) groups excluding carboxylic acids is 1. The monoisotopic (exact) mass is 178 g/mol. The SMILES string of the molecule is C=CCC1=CC(=O)CC[C@H]1C(C)C. The quantitative estimate of drug-likeness (QED) is 0.607. The van der Waals surface area contributed by atoms with Crippen LogP contribution in [0.5, 0.6) is 0 Å². The van der Waals surface area contributed by atoms with Gasteiger partial charge in [-0.05, 0) is 30.8 Å². The maximum Gasteiger partial charge on any atom is 0.155 e. The van der Waals surface area contributed by atoms with Gasteiger partial charge < -0.3 is 0 Å². The first kappa shape index (κ1) is 10.2. The molecule has 0 spiro atoms. The van der Waals surface area contributed by atoms with Crippen LogP contribution in [0.15, 0.2) is 24.3 Å². The van der Waals surface area contributed by atoms with Gasteiger partial charge in [-0.3, -0.25) is 4.79 Å². The number of rotatable bonds is 3. The predicted molar refractivity (Wildman–Crippen MR) is 55.5 cm³/mol. The Balaban J connectivity index is 2.79. The van der Waals surface area contributed by atoms with E-state index in [0.717, 1.165) is 19.3 Å². The molecule has 0 aromatic heterocycles. The second-order valence-electron chi connectivity index (χ2n) is 4.07. The van der Waals surface area contributed by atoms with E-state index in [4.69, 9.17) is 0 Å². The van der Waals surface area contributed by atoms with Crippen LogP contribution in [0.25, 0.3) is 0 Å². The van der Waals surface area contributed by atoms with Gasteiger partial charge in [-0.25, -0.2) is 0 Å². The fourth-order valence-corrected chi connectivity index (χ4v) is 2.01. The van der Waals surface area contributed by atoms with Crippen molar-refractivity contribution in [2.75, 3.05) is 0 Å². The van der Waals surface area contributed by atoms with Crippen LogP contribution in [0.3, 0.4) is 0 Å². The van der Waals surface area contributed by atoms with Crippen LogP contribution < -0.4 is 0 Å². The number of hydrogen-bond donors (Lipinski definition) is 0. The molecule has 0 saturated carbocycles. The molecule has 13 heavy (non-hydrogen) atoms. The minimum absolute atomic E-state index is 0.286. The van der Waals surface area contributed by atoms with E-state index < -0.39 is 0 Å². The molecule has 72 valence electrons. The second kappa shape index (κ2) is 4.40. The van der Waals surface area contributed by atoms with Crippen molar-refractivity contribution in [3.8, 4) is 0 Å². The average Bonchev–Trinajstić information content (AvgIpc) is 2.04. The second-order valence-corrected chi connectivity index (χ2v) is 4.07. The molecule has 0 aliphatic heterocycles. The maximum absolute atomic E-state index is 11.2. The molecule has 0 amide bonds. The van der Waals surface area contributed by atoms with Gasteiger partial charge in [0.05, 0.1) is 0 Å². The lowest BCUT2D eigenvalue weighted by Gasteiger charge is -2.26. The van der Waals surface area contributed by atoms with Crippen molar-refractivity contribution in [2.45, 2.75) is 33.1 Å². The van der Waals surface area contributed by atoms with E-state index >= 15 is 0 Å². The summed E-state index contributed by atoms with van der Waals surface area (Å²) in [6.07, 6.45) is 6.34. The maximum atomic E-state index is 11.2. The van der Waals surface area contributed by atoms with Crippen LogP contribution >= 0.6 is 0 Å². The molecule has 0 radical (unpaired) electrons. The van der Waals surface area contributed by atoms with Crippen LogP contribution in [0, 0.1) is 11.8 Å². The van der Waals surface area contributed by atoms with E-state index in [2.05, 4.69) is 20.4 Å². The lowest BCUT2D eigenvalue weighted by Crippen LogP contribution is -2.18. The van der Waals surface area contributed by atoms with Crippen LogP contribution in [0.1, 0.15) is 33.1 Å². The van der Waals surface area contributed by atoms with Gasteiger partial charge >= 0.3 is 0 Å². The Morgan fingerprint density at radius 2 is 2.38 bits per heavy atom. The summed E-state index contributed by atoms with van der Waals surface area (Å²) in [4.78, 5) is 11.2. The normalized spacial score (nSPS) is 23.2. The van der Waals surface area contributed by atoms with Gasteiger partial charge in [0, 0.05) is 6.42 Å². The highest BCUT2D eigenvalue weighted by Crippen LogP contribution is 2.31. The molecule has 0 unspecified atom stereocenters. The van der Waals surface area contributed by atoms with Gasteiger partial charge in [0.1, 0.15) is 0 Å². The van der Waals surface area contributed by atoms with E-state index in [0.29, 0.717) is 11.8 Å². The van der Waals surface area contributed by atoms with Gasteiger partial charge in [-0.2, -0.15) is 0 Å². The molecule has 1 heteroatoms. The van der Waals surface area contributed by atoms with Crippen LogP contribution in [0.2, 0.25) is 0 Å². The van der Waals surface area contributed by atoms with Gasteiger partial charge in [0.15, 0.2) is 5.78 Å². The Morgan fingerprint density at radius 3 is 2.92 bits per heavy atom. The molecule has 1 nitrogen and oxygen atoms in total. The summed E-state index contributed by atoms with van der Waals surface area (Å²) in [5.74, 6) is 1.52.